The molecular weight excluding hydrogens is 218 g/mol. The van der Waals surface area contributed by atoms with E-state index in [-0.39, 0.29) is 5.37 Å². The third-order valence-corrected chi connectivity index (χ3v) is 3.79. The Morgan fingerprint density at radius 1 is 1.25 bits per heavy atom. The van der Waals surface area contributed by atoms with Crippen LogP contribution in [0.2, 0.25) is 0 Å². The molecule has 16 heavy (non-hydrogen) atoms. The summed E-state index contributed by atoms with van der Waals surface area (Å²) in [5.41, 5.74) is 2.03. The van der Waals surface area contributed by atoms with Crippen molar-refractivity contribution in [2.24, 2.45) is 0 Å². The Labute approximate surface area is 98.3 Å². The lowest BCUT2D eigenvalue weighted by Crippen LogP contribution is -2.00. The first-order valence-electron chi connectivity index (χ1n) is 5.06. The number of benzene rings is 2. The molecule has 0 saturated heterocycles. The molecule has 1 unspecified atom stereocenters. The number of hydrogen-bond donors (Lipinski definition) is 2. The van der Waals surface area contributed by atoms with Crippen molar-refractivity contribution in [2.75, 3.05) is 5.32 Å². The van der Waals surface area contributed by atoms with Crippen molar-refractivity contribution >= 4 is 17.4 Å². The van der Waals surface area contributed by atoms with Gasteiger partial charge in [-0.05, 0) is 24.3 Å². The van der Waals surface area contributed by atoms with Crippen molar-refractivity contribution in [1.82, 2.24) is 0 Å². The summed E-state index contributed by atoms with van der Waals surface area (Å²) in [5.74, 6) is 0.292. The zero-order chi connectivity index (χ0) is 11.0. The van der Waals surface area contributed by atoms with Crippen molar-refractivity contribution in [3.8, 4) is 5.75 Å². The molecule has 0 saturated carbocycles. The number of thioether (sulfide) groups is 1. The van der Waals surface area contributed by atoms with Gasteiger partial charge in [0.15, 0.2) is 0 Å². The van der Waals surface area contributed by atoms with Gasteiger partial charge in [-0.15, -0.1) is 0 Å². The molecule has 3 heteroatoms. The maximum absolute atomic E-state index is 9.77. The average Bonchev–Trinajstić information content (AvgIpc) is 2.73. The van der Waals surface area contributed by atoms with E-state index in [1.807, 2.05) is 24.3 Å². The number of fused-ring (bicyclic) bond motifs is 1. The van der Waals surface area contributed by atoms with Gasteiger partial charge in [0.05, 0.1) is 0 Å². The topological polar surface area (TPSA) is 32.3 Å². The monoisotopic (exact) mass is 228 g/mol. The minimum absolute atomic E-state index is 0.0898. The fourth-order valence-electron chi connectivity index (χ4n) is 1.78. The highest BCUT2D eigenvalue weighted by atomic mass is 32.2. The van der Waals surface area contributed by atoms with Crippen LogP contribution in [0.1, 0.15) is 10.9 Å². The van der Waals surface area contributed by atoms with E-state index in [9.17, 15) is 5.11 Å². The fourth-order valence-corrected chi connectivity index (χ4v) is 2.96. The lowest BCUT2D eigenvalue weighted by molar-refractivity contribution is 0.468. The molecular formula is C13H10NOS. The molecule has 0 fully saturated rings. The SMILES string of the molecule is Oc1c[c]ccc1C1Nc2ccccc2S1. The van der Waals surface area contributed by atoms with E-state index in [1.165, 1.54) is 4.90 Å². The highest BCUT2D eigenvalue weighted by molar-refractivity contribution is 8.00. The van der Waals surface area contributed by atoms with Gasteiger partial charge >= 0.3 is 0 Å². The summed E-state index contributed by atoms with van der Waals surface area (Å²) in [6.45, 7) is 0. The first-order valence-corrected chi connectivity index (χ1v) is 5.94. The largest absolute Gasteiger partial charge is 0.508 e. The van der Waals surface area contributed by atoms with E-state index in [4.69, 9.17) is 0 Å². The molecule has 2 nitrogen and oxygen atoms in total. The van der Waals surface area contributed by atoms with Gasteiger partial charge in [0.2, 0.25) is 0 Å². The van der Waals surface area contributed by atoms with Gasteiger partial charge in [-0.3, -0.25) is 0 Å². The maximum Gasteiger partial charge on any atom is 0.122 e. The summed E-state index contributed by atoms with van der Waals surface area (Å²) in [6.07, 6.45) is 0. The molecule has 0 amide bonds. The second kappa shape index (κ2) is 3.76. The molecule has 1 heterocycles. The van der Waals surface area contributed by atoms with Crippen LogP contribution in [0.25, 0.3) is 0 Å². The minimum Gasteiger partial charge on any atom is -0.508 e. The van der Waals surface area contributed by atoms with Crippen molar-refractivity contribution < 1.29 is 5.11 Å². The molecule has 3 rings (SSSR count). The zero-order valence-electron chi connectivity index (χ0n) is 8.47. The molecule has 1 aliphatic heterocycles. The van der Waals surface area contributed by atoms with E-state index in [2.05, 4.69) is 23.5 Å². The van der Waals surface area contributed by atoms with Crippen molar-refractivity contribution in [1.29, 1.82) is 0 Å². The predicted molar refractivity (Wildman–Crippen MR) is 65.6 cm³/mol. The van der Waals surface area contributed by atoms with Gasteiger partial charge in [0, 0.05) is 16.1 Å². The third kappa shape index (κ3) is 1.53. The van der Waals surface area contributed by atoms with Crippen LogP contribution in [0.15, 0.2) is 47.4 Å². The number of phenolic OH excluding ortho intramolecular Hbond substituents is 1. The summed E-state index contributed by atoms with van der Waals surface area (Å²) in [7, 11) is 0. The molecule has 0 aliphatic carbocycles. The van der Waals surface area contributed by atoms with Crippen LogP contribution in [0.5, 0.6) is 5.75 Å². The Kier molecular flexibility index (Phi) is 2.26. The number of para-hydroxylation sites is 1. The van der Waals surface area contributed by atoms with Crippen molar-refractivity contribution in [3.05, 3.63) is 54.1 Å². The number of rotatable bonds is 1. The van der Waals surface area contributed by atoms with E-state index >= 15 is 0 Å². The first kappa shape index (κ1) is 9.60. The average molecular weight is 228 g/mol. The number of aromatic hydroxyl groups is 1. The summed E-state index contributed by atoms with van der Waals surface area (Å²) >= 11 is 1.72. The van der Waals surface area contributed by atoms with Crippen molar-refractivity contribution in [2.45, 2.75) is 10.3 Å². The van der Waals surface area contributed by atoms with Gasteiger partial charge in [0.25, 0.3) is 0 Å². The highest BCUT2D eigenvalue weighted by Gasteiger charge is 2.23. The Hall–Kier alpha value is -1.61. The van der Waals surface area contributed by atoms with Gasteiger partial charge in [-0.1, -0.05) is 36.0 Å². The molecule has 0 bridgehead atoms. The molecule has 0 aromatic heterocycles. The number of hydrogen-bond acceptors (Lipinski definition) is 3. The Morgan fingerprint density at radius 3 is 2.94 bits per heavy atom. The summed E-state index contributed by atoms with van der Waals surface area (Å²) < 4.78 is 0. The quantitative estimate of drug-likeness (QED) is 0.784. The fraction of sp³-hybridized carbons (Fsp3) is 0.0769. The summed E-state index contributed by atoms with van der Waals surface area (Å²) in [5, 5.41) is 13.2. The van der Waals surface area contributed by atoms with Crippen LogP contribution in [-0.4, -0.2) is 5.11 Å². The molecule has 0 spiro atoms. The summed E-state index contributed by atoms with van der Waals surface area (Å²) in [6, 6.07) is 16.3. The maximum atomic E-state index is 9.77. The zero-order valence-corrected chi connectivity index (χ0v) is 9.29. The number of anilines is 1. The Bertz CT molecular complexity index is 502. The second-order valence-electron chi connectivity index (χ2n) is 3.62. The summed E-state index contributed by atoms with van der Waals surface area (Å²) in [4.78, 5) is 1.22. The molecule has 2 aromatic carbocycles. The highest BCUT2D eigenvalue weighted by Crippen LogP contribution is 2.47. The van der Waals surface area contributed by atoms with Gasteiger partial charge in [0.1, 0.15) is 11.1 Å². The lowest BCUT2D eigenvalue weighted by Gasteiger charge is -2.11. The molecule has 1 aliphatic rings. The van der Waals surface area contributed by atoms with Crippen LogP contribution in [0, 0.1) is 6.07 Å². The van der Waals surface area contributed by atoms with Crippen LogP contribution >= 0.6 is 11.8 Å². The van der Waals surface area contributed by atoms with Crippen LogP contribution in [-0.2, 0) is 0 Å². The van der Waals surface area contributed by atoms with Gasteiger partial charge in [-0.25, -0.2) is 0 Å². The molecule has 2 N–H and O–H groups in total. The lowest BCUT2D eigenvalue weighted by atomic mass is 10.2. The third-order valence-electron chi connectivity index (χ3n) is 2.58. The standard InChI is InChI=1S/C13H10NOS/c15-11-7-3-1-5-9(11)13-14-10-6-2-4-8-12(10)16-13/h1-2,4-8,13-15H. The van der Waals surface area contributed by atoms with Gasteiger partial charge < -0.3 is 10.4 Å². The van der Waals surface area contributed by atoms with E-state index in [0.29, 0.717) is 5.75 Å². The molecule has 2 aromatic rings. The normalized spacial score (nSPS) is 17.9. The molecule has 79 valence electrons. The minimum atomic E-state index is 0.0898. The number of nitrogens with one attached hydrogen (secondary N) is 1. The first-order chi connectivity index (χ1) is 7.84. The van der Waals surface area contributed by atoms with E-state index in [0.717, 1.165) is 11.3 Å². The van der Waals surface area contributed by atoms with Crippen LogP contribution < -0.4 is 5.32 Å². The van der Waals surface area contributed by atoms with Crippen LogP contribution in [0.3, 0.4) is 0 Å². The van der Waals surface area contributed by atoms with Crippen molar-refractivity contribution in [3.63, 3.8) is 0 Å². The smallest absolute Gasteiger partial charge is 0.122 e. The number of phenols is 1. The molecule has 1 atom stereocenters. The predicted octanol–water partition coefficient (Wildman–Crippen LogP) is 3.41. The Balaban J connectivity index is 1.95. The second-order valence-corrected chi connectivity index (χ2v) is 4.77. The Morgan fingerprint density at radius 2 is 2.12 bits per heavy atom. The molecule has 1 radical (unpaired) electrons. The van der Waals surface area contributed by atoms with E-state index < -0.39 is 0 Å². The van der Waals surface area contributed by atoms with E-state index in [1.54, 1.807) is 17.8 Å². The van der Waals surface area contributed by atoms with Crippen LogP contribution in [0.4, 0.5) is 5.69 Å². The van der Waals surface area contributed by atoms with Gasteiger partial charge in [-0.2, -0.15) is 0 Å².